The summed E-state index contributed by atoms with van der Waals surface area (Å²) >= 11 is -3.86. The number of fused-ring (bicyclic) bond motifs is 2. The Hall–Kier alpha value is -2.86. The molecule has 2 fully saturated rings. The standard InChI is InChI=1S/C14H17O4.3C6H5.Sn/c1-14(2)7-17-13(16)11(14)18-12(15)10-6-8-3-4-9(10)5-8;3*1-2-4-6-5-3-1;/h3-4,6,8-11H,5,7H2,1-2H3;3*1-5H;/t8-,9+,10+,11-;;;;/m0..../s1. The molecule has 0 unspecified atom stereocenters. The molecule has 0 spiro atoms. The summed E-state index contributed by atoms with van der Waals surface area (Å²) in [5.41, 5.74) is -0.533. The van der Waals surface area contributed by atoms with Crippen molar-refractivity contribution in [2.75, 3.05) is 6.61 Å². The maximum atomic E-state index is 14.1. The van der Waals surface area contributed by atoms with Gasteiger partial charge in [-0.25, -0.2) is 0 Å². The van der Waals surface area contributed by atoms with E-state index < -0.39 is 35.9 Å². The quantitative estimate of drug-likeness (QED) is 0.246. The van der Waals surface area contributed by atoms with Crippen molar-refractivity contribution in [1.82, 2.24) is 0 Å². The van der Waals surface area contributed by atoms with Gasteiger partial charge in [0.15, 0.2) is 0 Å². The molecule has 37 heavy (non-hydrogen) atoms. The van der Waals surface area contributed by atoms with Crippen molar-refractivity contribution in [3.05, 3.63) is 103 Å². The molecule has 0 aromatic heterocycles. The minimum atomic E-state index is -3.86. The number of ether oxygens (including phenoxy) is 2. The number of rotatable bonds is 6. The van der Waals surface area contributed by atoms with Crippen LogP contribution in [0.1, 0.15) is 20.3 Å². The Bertz CT molecular complexity index is 1220. The number of carbonyl (C=O) groups excluding carboxylic acids is 2. The predicted octanol–water partition coefficient (Wildman–Crippen LogP) is 3.84. The van der Waals surface area contributed by atoms with Gasteiger partial charge in [-0.2, -0.15) is 0 Å². The third-order valence-electron chi connectivity index (χ3n) is 8.66. The second-order valence-corrected chi connectivity index (χ2v) is 22.8. The van der Waals surface area contributed by atoms with Crippen LogP contribution in [0.15, 0.2) is 103 Å². The third-order valence-corrected chi connectivity index (χ3v) is 24.4. The molecular weight excluding hydrogens is 567 g/mol. The number of allylic oxidation sites excluding steroid dienone is 2. The average Bonchev–Trinajstić information content (AvgIpc) is 3.62. The van der Waals surface area contributed by atoms with Gasteiger partial charge in [0.2, 0.25) is 0 Å². The van der Waals surface area contributed by atoms with Gasteiger partial charge >= 0.3 is 223 Å². The molecule has 1 saturated carbocycles. The second kappa shape index (κ2) is 9.46. The van der Waals surface area contributed by atoms with Gasteiger partial charge in [-0.3, -0.25) is 0 Å². The molecule has 0 amide bonds. The second-order valence-electron chi connectivity index (χ2n) is 11.3. The molecule has 5 atom stereocenters. The van der Waals surface area contributed by atoms with E-state index in [9.17, 15) is 9.59 Å². The summed E-state index contributed by atoms with van der Waals surface area (Å²) < 4.78 is 15.6. The van der Waals surface area contributed by atoms with E-state index >= 15 is 0 Å². The average molecular weight is 599 g/mol. The number of esters is 2. The van der Waals surface area contributed by atoms with E-state index in [1.165, 1.54) is 10.7 Å². The summed E-state index contributed by atoms with van der Waals surface area (Å²) in [4.78, 5) is 26.7. The molecule has 3 aliphatic rings. The molecule has 188 valence electrons. The normalized spacial score (nSPS) is 27.7. The molecule has 1 aliphatic heterocycles. The van der Waals surface area contributed by atoms with Gasteiger partial charge < -0.3 is 0 Å². The molecule has 0 radical (unpaired) electrons. The van der Waals surface area contributed by atoms with Crippen molar-refractivity contribution in [1.29, 1.82) is 0 Å². The van der Waals surface area contributed by atoms with Gasteiger partial charge in [0.1, 0.15) is 0 Å². The van der Waals surface area contributed by atoms with Gasteiger partial charge in [-0.05, 0) is 0 Å². The zero-order valence-corrected chi connectivity index (χ0v) is 24.1. The SMILES string of the molecule is CC1(C)COC(=O)[C@@H]1OC(=O)[C@@H]1[C@@H]([Sn]([c]2ccccc2)([c]2ccccc2)[c]2ccccc2)[C@H]2C=C[C@@H]1C2. The van der Waals surface area contributed by atoms with E-state index in [0.29, 0.717) is 5.92 Å². The number of cyclic esters (lactones) is 1. The first kappa shape index (κ1) is 24.5. The van der Waals surface area contributed by atoms with Crippen LogP contribution >= 0.6 is 0 Å². The third kappa shape index (κ3) is 3.95. The fourth-order valence-electron chi connectivity index (χ4n) is 7.04. The minimum absolute atomic E-state index is 0.121. The predicted molar refractivity (Wildman–Crippen MR) is 147 cm³/mol. The molecule has 3 aromatic carbocycles. The summed E-state index contributed by atoms with van der Waals surface area (Å²) in [6, 6.07) is 32.6. The Morgan fingerprint density at radius 1 is 0.811 bits per heavy atom. The van der Waals surface area contributed by atoms with E-state index in [-0.39, 0.29) is 28.3 Å². The Kier molecular flexibility index (Phi) is 6.26. The molecule has 2 bridgehead atoms. The van der Waals surface area contributed by atoms with Crippen LogP contribution < -0.4 is 10.7 Å². The van der Waals surface area contributed by atoms with Gasteiger partial charge in [-0.15, -0.1) is 0 Å². The molecule has 3 aromatic rings. The monoisotopic (exact) mass is 600 g/mol. The molecule has 1 heterocycles. The van der Waals surface area contributed by atoms with E-state index in [1.807, 2.05) is 13.8 Å². The van der Waals surface area contributed by atoms with Crippen LogP contribution in [0.5, 0.6) is 0 Å². The summed E-state index contributed by atoms with van der Waals surface area (Å²) in [5, 5.41) is 0. The summed E-state index contributed by atoms with van der Waals surface area (Å²) in [6.07, 6.45) is 4.64. The van der Waals surface area contributed by atoms with Crippen LogP contribution in [-0.2, 0) is 19.1 Å². The zero-order valence-electron chi connectivity index (χ0n) is 21.2. The van der Waals surface area contributed by atoms with Crippen LogP contribution in [0.25, 0.3) is 0 Å². The molecule has 5 heteroatoms. The first-order valence-corrected chi connectivity index (χ1v) is 19.1. The van der Waals surface area contributed by atoms with Crippen molar-refractivity contribution in [3.8, 4) is 0 Å². The van der Waals surface area contributed by atoms with Crippen molar-refractivity contribution in [2.45, 2.75) is 30.3 Å². The van der Waals surface area contributed by atoms with Gasteiger partial charge in [0, 0.05) is 0 Å². The number of carbonyl (C=O) groups is 2. The van der Waals surface area contributed by atoms with Crippen molar-refractivity contribution < 1.29 is 19.1 Å². The van der Waals surface area contributed by atoms with E-state index in [4.69, 9.17) is 9.47 Å². The first-order valence-electron chi connectivity index (χ1n) is 13.1. The van der Waals surface area contributed by atoms with Gasteiger partial charge in [0.25, 0.3) is 0 Å². The van der Waals surface area contributed by atoms with E-state index in [1.54, 1.807) is 0 Å². The summed E-state index contributed by atoms with van der Waals surface area (Å²) in [6.45, 7) is 4.12. The fraction of sp³-hybridized carbons (Fsp3) is 0.312. The topological polar surface area (TPSA) is 52.6 Å². The van der Waals surface area contributed by atoms with E-state index in [0.717, 1.165) is 6.42 Å². The number of hydrogen-bond donors (Lipinski definition) is 0. The van der Waals surface area contributed by atoms with Gasteiger partial charge in [0.05, 0.1) is 0 Å². The Morgan fingerprint density at radius 3 is 1.76 bits per heavy atom. The molecule has 6 rings (SSSR count). The Morgan fingerprint density at radius 2 is 1.30 bits per heavy atom. The molecule has 2 aliphatic carbocycles. The Labute approximate surface area is 222 Å². The zero-order chi connectivity index (χ0) is 25.6. The van der Waals surface area contributed by atoms with Crippen molar-refractivity contribution in [3.63, 3.8) is 0 Å². The number of hydrogen-bond acceptors (Lipinski definition) is 4. The van der Waals surface area contributed by atoms with Crippen molar-refractivity contribution >= 4 is 41.1 Å². The first-order chi connectivity index (χ1) is 17.9. The molecule has 0 N–H and O–H groups in total. The maximum absolute atomic E-state index is 14.1. The van der Waals surface area contributed by atoms with Gasteiger partial charge in [-0.1, -0.05) is 0 Å². The van der Waals surface area contributed by atoms with Crippen LogP contribution in [0.2, 0.25) is 3.93 Å². The van der Waals surface area contributed by atoms with E-state index in [2.05, 4.69) is 103 Å². The molecular formula is C32H32O4Sn. The molecule has 4 nitrogen and oxygen atoms in total. The summed E-state index contributed by atoms with van der Waals surface area (Å²) in [7, 11) is 0. The molecule has 1 saturated heterocycles. The van der Waals surface area contributed by atoms with Crippen LogP contribution in [0.4, 0.5) is 0 Å². The van der Waals surface area contributed by atoms with Crippen LogP contribution in [0.3, 0.4) is 0 Å². The summed E-state index contributed by atoms with van der Waals surface area (Å²) in [5.74, 6) is -0.562. The Balaban J connectivity index is 1.54. The number of benzene rings is 3. The van der Waals surface area contributed by atoms with Crippen molar-refractivity contribution in [2.24, 2.45) is 23.2 Å². The van der Waals surface area contributed by atoms with Crippen LogP contribution in [-0.4, -0.2) is 43.0 Å². The van der Waals surface area contributed by atoms with Crippen LogP contribution in [0, 0.1) is 23.2 Å². The fourth-order valence-corrected chi connectivity index (χ4v) is 24.5.